The van der Waals surface area contributed by atoms with E-state index >= 15 is 0 Å². The second-order valence-corrected chi connectivity index (χ2v) is 5.03. The van der Waals surface area contributed by atoms with Crippen LogP contribution in [-0.2, 0) is 17.8 Å². The van der Waals surface area contributed by atoms with Gasteiger partial charge in [-0.1, -0.05) is 12.1 Å². The van der Waals surface area contributed by atoms with E-state index in [9.17, 15) is 13.6 Å². The van der Waals surface area contributed by atoms with Gasteiger partial charge in [-0.3, -0.25) is 9.78 Å². The molecule has 1 aromatic heterocycles. The molecule has 0 saturated carbocycles. The summed E-state index contributed by atoms with van der Waals surface area (Å²) in [5, 5.41) is 0. The number of ether oxygens (including phenoxy) is 1. The number of nitrogens with zero attached hydrogens (tertiary/aromatic N) is 2. The van der Waals surface area contributed by atoms with Gasteiger partial charge in [-0.2, -0.15) is 8.78 Å². The standard InChI is InChI=1S/C16H17F2N3O2/c1-21(15(22)8-13-5-4-12(19)9-20-13)10-11-2-6-14(7-3-11)23-16(17)18/h2-7,9,16H,8,10,19H2,1H3. The fraction of sp³-hybridized carbons (Fsp3) is 0.250. The number of aromatic nitrogens is 1. The number of nitrogens with two attached hydrogens (primary N) is 1. The van der Waals surface area contributed by atoms with Crippen LogP contribution in [0.15, 0.2) is 42.6 Å². The lowest BCUT2D eigenvalue weighted by molar-refractivity contribution is -0.129. The lowest BCUT2D eigenvalue weighted by Gasteiger charge is -2.17. The molecule has 5 nitrogen and oxygen atoms in total. The number of pyridine rings is 1. The van der Waals surface area contributed by atoms with Gasteiger partial charge in [-0.05, 0) is 29.8 Å². The van der Waals surface area contributed by atoms with Crippen LogP contribution in [0.3, 0.4) is 0 Å². The van der Waals surface area contributed by atoms with Crippen LogP contribution in [0.25, 0.3) is 0 Å². The maximum atomic E-state index is 12.1. The highest BCUT2D eigenvalue weighted by atomic mass is 19.3. The van der Waals surface area contributed by atoms with Crippen molar-refractivity contribution in [2.75, 3.05) is 12.8 Å². The van der Waals surface area contributed by atoms with Crippen molar-refractivity contribution in [3.63, 3.8) is 0 Å². The van der Waals surface area contributed by atoms with Gasteiger partial charge in [-0.25, -0.2) is 0 Å². The zero-order valence-electron chi connectivity index (χ0n) is 12.6. The van der Waals surface area contributed by atoms with Gasteiger partial charge in [0.25, 0.3) is 0 Å². The number of halogens is 2. The molecule has 0 saturated heterocycles. The van der Waals surface area contributed by atoms with Crippen molar-refractivity contribution >= 4 is 11.6 Å². The molecule has 0 atom stereocenters. The van der Waals surface area contributed by atoms with Crippen LogP contribution in [0, 0.1) is 0 Å². The zero-order valence-corrected chi connectivity index (χ0v) is 12.6. The average molecular weight is 321 g/mol. The van der Waals surface area contributed by atoms with E-state index in [4.69, 9.17) is 5.73 Å². The normalized spacial score (nSPS) is 10.6. The molecule has 0 aliphatic rings. The molecule has 0 unspecified atom stereocenters. The molecule has 0 spiro atoms. The molecule has 1 heterocycles. The topological polar surface area (TPSA) is 68.5 Å². The van der Waals surface area contributed by atoms with E-state index in [1.165, 1.54) is 18.3 Å². The monoisotopic (exact) mass is 321 g/mol. The fourth-order valence-corrected chi connectivity index (χ4v) is 1.97. The fourth-order valence-electron chi connectivity index (χ4n) is 1.97. The van der Waals surface area contributed by atoms with Crippen LogP contribution in [0.5, 0.6) is 5.75 Å². The molecule has 0 bridgehead atoms. The van der Waals surface area contributed by atoms with Crippen molar-refractivity contribution < 1.29 is 18.3 Å². The number of likely N-dealkylation sites (N-methyl/N-ethyl adjacent to an activating group) is 1. The van der Waals surface area contributed by atoms with Crippen molar-refractivity contribution in [3.05, 3.63) is 53.9 Å². The first-order valence-corrected chi connectivity index (χ1v) is 6.92. The number of hydrogen-bond acceptors (Lipinski definition) is 4. The van der Waals surface area contributed by atoms with Gasteiger partial charge in [0.1, 0.15) is 5.75 Å². The molecule has 0 radical (unpaired) electrons. The summed E-state index contributed by atoms with van der Waals surface area (Å²) < 4.78 is 28.4. The molecule has 2 aromatic rings. The third-order valence-corrected chi connectivity index (χ3v) is 3.17. The molecule has 1 amide bonds. The van der Waals surface area contributed by atoms with Crippen molar-refractivity contribution in [1.29, 1.82) is 0 Å². The number of anilines is 1. The number of nitrogen functional groups attached to an aromatic ring is 1. The summed E-state index contributed by atoms with van der Waals surface area (Å²) in [5.74, 6) is -0.0148. The van der Waals surface area contributed by atoms with Gasteiger partial charge in [0.2, 0.25) is 5.91 Å². The highest BCUT2D eigenvalue weighted by molar-refractivity contribution is 5.78. The SMILES string of the molecule is CN(Cc1ccc(OC(F)F)cc1)C(=O)Cc1ccc(N)cn1. The number of carbonyl (C=O) groups excluding carboxylic acids is 1. The molecule has 122 valence electrons. The highest BCUT2D eigenvalue weighted by Gasteiger charge is 2.11. The molecular formula is C16H17F2N3O2. The van der Waals surface area contributed by atoms with E-state index in [1.54, 1.807) is 36.2 Å². The third-order valence-electron chi connectivity index (χ3n) is 3.17. The van der Waals surface area contributed by atoms with Crippen molar-refractivity contribution in [2.24, 2.45) is 0 Å². The van der Waals surface area contributed by atoms with E-state index in [0.717, 1.165) is 5.56 Å². The molecule has 0 aliphatic carbocycles. The van der Waals surface area contributed by atoms with Gasteiger partial charge in [0.05, 0.1) is 18.3 Å². The maximum Gasteiger partial charge on any atom is 0.387 e. The predicted molar refractivity (Wildman–Crippen MR) is 81.9 cm³/mol. The quantitative estimate of drug-likeness (QED) is 0.887. The zero-order chi connectivity index (χ0) is 16.8. The summed E-state index contributed by atoms with van der Waals surface area (Å²) in [6.45, 7) is -2.49. The predicted octanol–water partition coefficient (Wildman–Crippen LogP) is 2.47. The minimum absolute atomic E-state index is 0.0869. The summed E-state index contributed by atoms with van der Waals surface area (Å²) in [4.78, 5) is 17.8. The largest absolute Gasteiger partial charge is 0.435 e. The van der Waals surface area contributed by atoms with Crippen molar-refractivity contribution in [1.82, 2.24) is 9.88 Å². The van der Waals surface area contributed by atoms with Gasteiger partial charge >= 0.3 is 6.61 Å². The van der Waals surface area contributed by atoms with Crippen molar-refractivity contribution in [3.8, 4) is 5.75 Å². The molecule has 23 heavy (non-hydrogen) atoms. The van der Waals surface area contributed by atoms with Crippen LogP contribution in [-0.4, -0.2) is 29.5 Å². The number of rotatable bonds is 6. The van der Waals surface area contributed by atoms with Gasteiger partial charge in [-0.15, -0.1) is 0 Å². The molecule has 2 rings (SSSR count). The maximum absolute atomic E-state index is 12.1. The minimum Gasteiger partial charge on any atom is -0.435 e. The first-order chi connectivity index (χ1) is 10.9. The Morgan fingerprint density at radius 2 is 1.96 bits per heavy atom. The Labute approximate surface area is 132 Å². The number of amides is 1. The Balaban J connectivity index is 1.91. The summed E-state index contributed by atoms with van der Waals surface area (Å²) in [7, 11) is 1.67. The minimum atomic E-state index is -2.85. The molecule has 1 aromatic carbocycles. The number of alkyl halides is 2. The van der Waals surface area contributed by atoms with Crippen molar-refractivity contribution in [2.45, 2.75) is 19.6 Å². The van der Waals surface area contributed by atoms with E-state index in [0.29, 0.717) is 17.9 Å². The summed E-state index contributed by atoms with van der Waals surface area (Å²) in [6.07, 6.45) is 1.67. The lowest BCUT2D eigenvalue weighted by atomic mass is 10.2. The molecule has 2 N–H and O–H groups in total. The molecule has 0 aliphatic heterocycles. The van der Waals surface area contributed by atoms with E-state index in [-0.39, 0.29) is 18.1 Å². The third kappa shape index (κ3) is 5.21. The molecule has 0 fully saturated rings. The second-order valence-electron chi connectivity index (χ2n) is 5.03. The Hall–Kier alpha value is -2.70. The Bertz CT molecular complexity index is 645. The average Bonchev–Trinajstić information content (AvgIpc) is 2.51. The first kappa shape index (κ1) is 16.7. The van der Waals surface area contributed by atoms with Gasteiger partial charge in [0.15, 0.2) is 0 Å². The highest BCUT2D eigenvalue weighted by Crippen LogP contribution is 2.16. The first-order valence-electron chi connectivity index (χ1n) is 6.92. The van der Waals surface area contributed by atoms with E-state index < -0.39 is 6.61 Å². The lowest BCUT2D eigenvalue weighted by Crippen LogP contribution is -2.28. The molecule has 7 heteroatoms. The van der Waals surface area contributed by atoms with Crippen LogP contribution >= 0.6 is 0 Å². The van der Waals surface area contributed by atoms with Gasteiger partial charge < -0.3 is 15.4 Å². The molecular weight excluding hydrogens is 304 g/mol. The van der Waals surface area contributed by atoms with Crippen LogP contribution < -0.4 is 10.5 Å². The van der Waals surface area contributed by atoms with Crippen LogP contribution in [0.1, 0.15) is 11.3 Å². The summed E-state index contributed by atoms with van der Waals surface area (Å²) in [6, 6.07) is 9.57. The van der Waals surface area contributed by atoms with Gasteiger partial charge in [0, 0.05) is 19.3 Å². The van der Waals surface area contributed by atoms with Crippen LogP contribution in [0.2, 0.25) is 0 Å². The smallest absolute Gasteiger partial charge is 0.387 e. The Morgan fingerprint density at radius 1 is 1.26 bits per heavy atom. The Morgan fingerprint density at radius 3 is 2.52 bits per heavy atom. The van der Waals surface area contributed by atoms with E-state index in [1.807, 2.05) is 0 Å². The van der Waals surface area contributed by atoms with E-state index in [2.05, 4.69) is 9.72 Å². The second kappa shape index (κ2) is 7.53. The summed E-state index contributed by atoms with van der Waals surface area (Å²) in [5.41, 5.74) is 7.54. The Kier molecular flexibility index (Phi) is 5.46. The number of hydrogen-bond donors (Lipinski definition) is 1. The number of carbonyl (C=O) groups is 1. The van der Waals surface area contributed by atoms with Crippen LogP contribution in [0.4, 0.5) is 14.5 Å². The number of benzene rings is 1. The summed E-state index contributed by atoms with van der Waals surface area (Å²) >= 11 is 0.